The first kappa shape index (κ1) is 26.0. The van der Waals surface area contributed by atoms with E-state index >= 15 is 0 Å². The highest BCUT2D eigenvalue weighted by atomic mass is 32.2. The van der Waals surface area contributed by atoms with Gasteiger partial charge in [-0.05, 0) is 55.2 Å². The number of nitrogens with zero attached hydrogens (tertiary/aromatic N) is 2. The molecular weight excluding hydrogens is 476 g/mol. The molecule has 10 heteroatoms. The number of hydrogen-bond acceptors (Lipinski definition) is 8. The Bertz CT molecular complexity index is 1120. The number of carbonyl (C=O) groups is 1. The van der Waals surface area contributed by atoms with Crippen molar-refractivity contribution in [3.8, 4) is 11.5 Å². The van der Waals surface area contributed by atoms with E-state index in [1.807, 2.05) is 42.2 Å². The van der Waals surface area contributed by atoms with Crippen LogP contribution < -0.4 is 30.5 Å². The van der Waals surface area contributed by atoms with E-state index in [-0.39, 0.29) is 29.8 Å². The summed E-state index contributed by atoms with van der Waals surface area (Å²) in [6, 6.07) is 14.0. The molecule has 4 rings (SSSR count). The van der Waals surface area contributed by atoms with Gasteiger partial charge in [-0.2, -0.15) is 0 Å². The lowest BCUT2D eigenvalue weighted by Crippen LogP contribution is -2.50. The zero-order chi connectivity index (χ0) is 25.7. The van der Waals surface area contributed by atoms with Gasteiger partial charge in [0.05, 0.1) is 25.9 Å². The number of rotatable bonds is 9. The molecule has 2 aliphatic heterocycles. The van der Waals surface area contributed by atoms with Crippen LogP contribution in [0.4, 0.5) is 5.69 Å². The minimum atomic E-state index is -0.228. The quantitative estimate of drug-likeness (QED) is 0.410. The lowest BCUT2D eigenvalue weighted by atomic mass is 9.97. The van der Waals surface area contributed by atoms with Crippen molar-refractivity contribution in [3.05, 3.63) is 53.6 Å². The first-order valence-electron chi connectivity index (χ1n) is 12.1. The number of fused-ring (bicyclic) bond motifs is 1. The molecule has 4 N–H and O–H groups in total. The van der Waals surface area contributed by atoms with Gasteiger partial charge < -0.3 is 14.8 Å². The van der Waals surface area contributed by atoms with Crippen LogP contribution in [-0.2, 0) is 17.6 Å². The van der Waals surface area contributed by atoms with Crippen molar-refractivity contribution >= 4 is 34.4 Å². The highest BCUT2D eigenvalue weighted by Crippen LogP contribution is 2.32. The number of hydrazine groups is 1. The first-order chi connectivity index (χ1) is 17.4. The topological polar surface area (TPSA) is 111 Å². The van der Waals surface area contributed by atoms with E-state index in [0.717, 1.165) is 17.7 Å². The van der Waals surface area contributed by atoms with E-state index in [1.165, 1.54) is 17.3 Å². The molecule has 1 amide bonds. The van der Waals surface area contributed by atoms with Crippen LogP contribution in [0.25, 0.3) is 0 Å². The molecule has 2 aliphatic rings. The van der Waals surface area contributed by atoms with Crippen molar-refractivity contribution in [3.63, 3.8) is 0 Å². The van der Waals surface area contributed by atoms with E-state index in [4.69, 9.17) is 19.9 Å². The van der Waals surface area contributed by atoms with Crippen LogP contribution >= 0.6 is 11.8 Å². The third kappa shape index (κ3) is 5.66. The molecule has 2 heterocycles. The maximum Gasteiger partial charge on any atom is 0.230 e. The Morgan fingerprint density at radius 1 is 1.11 bits per heavy atom. The van der Waals surface area contributed by atoms with Gasteiger partial charge in [0.25, 0.3) is 0 Å². The predicted octanol–water partition coefficient (Wildman–Crippen LogP) is 2.95. The zero-order valence-corrected chi connectivity index (χ0v) is 21.9. The molecular formula is C26H34N6O3S. The van der Waals surface area contributed by atoms with E-state index < -0.39 is 0 Å². The fraction of sp³-hybridized carbons (Fsp3) is 0.423. The smallest absolute Gasteiger partial charge is 0.230 e. The van der Waals surface area contributed by atoms with Crippen LogP contribution in [0.1, 0.15) is 25.0 Å². The maximum atomic E-state index is 12.7. The summed E-state index contributed by atoms with van der Waals surface area (Å²) in [5.74, 6) is 1.87. The molecule has 3 unspecified atom stereocenters. The van der Waals surface area contributed by atoms with Gasteiger partial charge in [0.15, 0.2) is 16.7 Å². The van der Waals surface area contributed by atoms with Gasteiger partial charge in [0.1, 0.15) is 12.0 Å². The van der Waals surface area contributed by atoms with E-state index in [9.17, 15) is 4.79 Å². The highest BCUT2D eigenvalue weighted by Gasteiger charge is 2.43. The summed E-state index contributed by atoms with van der Waals surface area (Å²) in [6.45, 7) is 4.67. The van der Waals surface area contributed by atoms with Crippen LogP contribution in [0.3, 0.4) is 0 Å². The second-order valence-electron chi connectivity index (χ2n) is 8.78. The number of thioether (sulfide) groups is 1. The molecule has 9 nitrogen and oxygen atoms in total. The second-order valence-corrected chi connectivity index (χ2v) is 9.72. The zero-order valence-electron chi connectivity index (χ0n) is 21.1. The SMILES string of the molecule is CCc1ccc(N2C(=N)C3C(C)NNC3N=C2SCC(=O)NCCc2ccc(OC)c(OC)c2)cc1. The molecule has 0 radical (unpaired) electrons. The number of anilines is 1. The van der Waals surface area contributed by atoms with Crippen molar-refractivity contribution in [1.82, 2.24) is 16.2 Å². The molecule has 36 heavy (non-hydrogen) atoms. The summed E-state index contributed by atoms with van der Waals surface area (Å²) in [6.07, 6.45) is 1.40. The maximum absolute atomic E-state index is 12.7. The lowest BCUT2D eigenvalue weighted by Gasteiger charge is -2.36. The number of hydrogen-bond donors (Lipinski definition) is 4. The summed E-state index contributed by atoms with van der Waals surface area (Å²) >= 11 is 1.35. The van der Waals surface area contributed by atoms with E-state index in [1.54, 1.807) is 14.2 Å². The highest BCUT2D eigenvalue weighted by molar-refractivity contribution is 8.14. The summed E-state index contributed by atoms with van der Waals surface area (Å²) < 4.78 is 10.6. The van der Waals surface area contributed by atoms with Gasteiger partial charge in [-0.25, -0.2) is 10.4 Å². The van der Waals surface area contributed by atoms with Gasteiger partial charge in [0, 0.05) is 18.3 Å². The monoisotopic (exact) mass is 510 g/mol. The summed E-state index contributed by atoms with van der Waals surface area (Å²) in [5, 5.41) is 12.6. The van der Waals surface area contributed by atoms with Crippen LogP contribution in [0, 0.1) is 11.3 Å². The minimum absolute atomic E-state index is 0.0788. The largest absolute Gasteiger partial charge is 0.493 e. The van der Waals surface area contributed by atoms with Crippen molar-refractivity contribution in [2.24, 2.45) is 10.9 Å². The third-order valence-electron chi connectivity index (χ3n) is 6.45. The van der Waals surface area contributed by atoms with Gasteiger partial charge in [-0.3, -0.25) is 20.5 Å². The number of amides is 1. The molecule has 0 saturated carbocycles. The van der Waals surface area contributed by atoms with E-state index in [0.29, 0.717) is 35.5 Å². The Kier molecular flexibility index (Phi) is 8.50. The summed E-state index contributed by atoms with van der Waals surface area (Å²) in [7, 11) is 3.21. The Balaban J connectivity index is 1.39. The number of benzene rings is 2. The molecule has 2 aromatic carbocycles. The van der Waals surface area contributed by atoms with Crippen molar-refractivity contribution in [2.75, 3.05) is 31.4 Å². The Labute approximate surface area is 216 Å². The normalized spacial score (nSPS) is 21.1. The molecule has 0 spiro atoms. The Hall–Kier alpha value is -3.08. The third-order valence-corrected chi connectivity index (χ3v) is 7.41. The molecule has 2 aromatic rings. The molecule has 0 bridgehead atoms. The van der Waals surface area contributed by atoms with Gasteiger partial charge in [-0.15, -0.1) is 0 Å². The predicted molar refractivity (Wildman–Crippen MR) is 145 cm³/mol. The van der Waals surface area contributed by atoms with E-state index in [2.05, 4.69) is 35.2 Å². The standard InChI is InChI=1S/C26H34N6O3S/c1-5-17-6-9-19(10-7-17)32-24(27)23-16(2)30-31-25(23)29-26(32)36-15-22(33)28-13-12-18-8-11-20(34-3)21(14-18)35-4/h6-11,14,16,23,25,27,30-31H,5,12-13,15H2,1-4H3,(H,28,33). The first-order valence-corrected chi connectivity index (χ1v) is 13.1. The van der Waals surface area contributed by atoms with Crippen LogP contribution in [0.15, 0.2) is 47.5 Å². The number of nitrogens with one attached hydrogen (secondary N) is 4. The van der Waals surface area contributed by atoms with Crippen molar-refractivity contribution in [1.29, 1.82) is 5.41 Å². The number of methoxy groups -OCH3 is 2. The average Bonchev–Trinajstić information content (AvgIpc) is 3.28. The average molecular weight is 511 g/mol. The van der Waals surface area contributed by atoms with Crippen LogP contribution in [0.2, 0.25) is 0 Å². The van der Waals surface area contributed by atoms with Crippen molar-refractivity contribution in [2.45, 2.75) is 38.9 Å². The number of amidine groups is 2. The van der Waals surface area contributed by atoms with Gasteiger partial charge in [-0.1, -0.05) is 36.9 Å². The fourth-order valence-electron chi connectivity index (χ4n) is 4.39. The number of ether oxygens (including phenoxy) is 2. The number of carbonyl (C=O) groups excluding carboxylic acids is 1. The lowest BCUT2D eigenvalue weighted by molar-refractivity contribution is -0.118. The number of aliphatic imine (C=N–C) groups is 1. The van der Waals surface area contributed by atoms with Crippen molar-refractivity contribution < 1.29 is 14.3 Å². The number of aryl methyl sites for hydroxylation is 1. The van der Waals surface area contributed by atoms with Gasteiger partial charge >= 0.3 is 0 Å². The van der Waals surface area contributed by atoms with Crippen LogP contribution in [-0.4, -0.2) is 55.6 Å². The Morgan fingerprint density at radius 3 is 2.53 bits per heavy atom. The molecule has 1 fully saturated rings. The molecule has 3 atom stereocenters. The van der Waals surface area contributed by atoms with Gasteiger partial charge in [0.2, 0.25) is 5.91 Å². The minimum Gasteiger partial charge on any atom is -0.493 e. The fourth-order valence-corrected chi connectivity index (χ4v) is 5.28. The molecule has 0 aliphatic carbocycles. The molecule has 1 saturated heterocycles. The van der Waals surface area contributed by atoms with Crippen LogP contribution in [0.5, 0.6) is 11.5 Å². The summed E-state index contributed by atoms with van der Waals surface area (Å²) in [5.41, 5.74) is 9.54. The summed E-state index contributed by atoms with van der Waals surface area (Å²) in [4.78, 5) is 19.4. The Morgan fingerprint density at radius 2 is 1.83 bits per heavy atom. The second kappa shape index (κ2) is 11.8. The molecule has 0 aromatic heterocycles. The molecule has 192 valence electrons.